The standard InChI is InChI=1S/C13H8Cl2N.ClH3O4/c14-10-5-9-6-11-3-1-2-4-16(11)8-12(9)13(15)7-10;2-1(3,4)5/h1-8H;2-4H/q+1;. The molecule has 0 aliphatic carbocycles. The van der Waals surface area contributed by atoms with Crippen LogP contribution in [-0.2, 0) is 0 Å². The van der Waals surface area contributed by atoms with Gasteiger partial charge in [-0.15, -0.1) is 0 Å². The number of rotatable bonds is 0. The van der Waals surface area contributed by atoms with Gasteiger partial charge in [0.15, 0.2) is 12.4 Å². The summed E-state index contributed by atoms with van der Waals surface area (Å²) in [7, 11) is -4.19. The van der Waals surface area contributed by atoms with Crippen LogP contribution in [0.5, 0.6) is 0 Å². The molecule has 0 amide bonds. The van der Waals surface area contributed by atoms with Crippen LogP contribution < -0.4 is 9.06 Å². The van der Waals surface area contributed by atoms with Crippen molar-refractivity contribution < 1.29 is 33.3 Å². The van der Waals surface area contributed by atoms with E-state index in [9.17, 15) is 0 Å². The average Bonchev–Trinajstić information content (AvgIpc) is 2.34. The van der Waals surface area contributed by atoms with Crippen molar-refractivity contribution in [3.63, 3.8) is 0 Å². The van der Waals surface area contributed by atoms with Crippen molar-refractivity contribution in [2.24, 2.45) is 0 Å². The summed E-state index contributed by atoms with van der Waals surface area (Å²) in [6, 6.07) is 11.8. The Kier molecular flexibility index (Phi) is 4.85. The number of hydrogen-bond donors (Lipinski definition) is 3. The van der Waals surface area contributed by atoms with Gasteiger partial charge < -0.3 is 0 Å². The number of fused-ring (bicyclic) bond motifs is 2. The van der Waals surface area contributed by atoms with E-state index < -0.39 is 10.2 Å². The molecule has 2 aromatic heterocycles. The first-order valence-electron chi connectivity index (χ1n) is 5.59. The Balaban J connectivity index is 0.000000282. The average molecular weight is 352 g/mol. The molecule has 1 aromatic carbocycles. The van der Waals surface area contributed by atoms with E-state index >= 15 is 0 Å². The molecule has 0 unspecified atom stereocenters. The van der Waals surface area contributed by atoms with E-state index in [1.54, 1.807) is 6.07 Å². The number of pyridine rings is 2. The normalized spacial score (nSPS) is 12.1. The third-order valence-electron chi connectivity index (χ3n) is 2.62. The van der Waals surface area contributed by atoms with Gasteiger partial charge in [0, 0.05) is 23.2 Å². The first-order valence-corrected chi connectivity index (χ1v) is 7.67. The summed E-state index contributed by atoms with van der Waals surface area (Å²) in [5.41, 5.74) is 1.12. The minimum absolute atomic E-state index is 0.665. The van der Waals surface area contributed by atoms with Crippen LogP contribution in [0.3, 0.4) is 0 Å². The Bertz CT molecular complexity index is 783. The molecule has 3 N–H and O–H groups in total. The number of hydrogen-bond acceptors (Lipinski definition) is 4. The zero-order valence-corrected chi connectivity index (χ0v) is 12.7. The number of nitrogens with zero attached hydrogens (tertiary/aromatic N) is 1. The first-order chi connectivity index (χ1) is 9.74. The van der Waals surface area contributed by atoms with Crippen molar-refractivity contribution in [1.29, 1.82) is 0 Å². The van der Waals surface area contributed by atoms with Crippen LogP contribution in [0.4, 0.5) is 0 Å². The van der Waals surface area contributed by atoms with Crippen molar-refractivity contribution in [3.05, 3.63) is 58.8 Å². The number of benzene rings is 1. The van der Waals surface area contributed by atoms with Crippen molar-refractivity contribution in [1.82, 2.24) is 0 Å². The Morgan fingerprint density at radius 3 is 2.38 bits per heavy atom. The van der Waals surface area contributed by atoms with E-state index in [1.807, 2.05) is 41.1 Å². The second kappa shape index (κ2) is 6.29. The Morgan fingerprint density at radius 1 is 1.05 bits per heavy atom. The van der Waals surface area contributed by atoms with E-state index in [0.717, 1.165) is 16.3 Å². The Morgan fingerprint density at radius 2 is 1.71 bits per heavy atom. The number of aromatic nitrogens is 1. The molecule has 0 saturated carbocycles. The summed E-state index contributed by atoms with van der Waals surface area (Å²) in [5, 5.41) is 3.41. The van der Waals surface area contributed by atoms with Gasteiger partial charge in [0.25, 0.3) is 0 Å². The topological polar surface area (TPSA) is 87.9 Å². The summed E-state index contributed by atoms with van der Waals surface area (Å²) in [6.45, 7) is 0. The molecule has 21 heavy (non-hydrogen) atoms. The summed E-state index contributed by atoms with van der Waals surface area (Å²) in [4.78, 5) is 0. The van der Waals surface area contributed by atoms with Gasteiger partial charge in [-0.1, -0.05) is 23.2 Å². The molecule has 0 radical (unpaired) electrons. The molecule has 0 aliphatic rings. The summed E-state index contributed by atoms with van der Waals surface area (Å²) >= 11 is 12.1. The molecule has 0 atom stereocenters. The Labute approximate surface area is 131 Å². The van der Waals surface area contributed by atoms with Crippen molar-refractivity contribution in [3.8, 4) is 0 Å². The zero-order chi connectivity index (χ0) is 15.6. The van der Waals surface area contributed by atoms with Crippen LogP contribution in [0.2, 0.25) is 10.0 Å². The zero-order valence-electron chi connectivity index (χ0n) is 10.4. The van der Waals surface area contributed by atoms with Gasteiger partial charge in [-0.05, 0) is 23.6 Å². The summed E-state index contributed by atoms with van der Waals surface area (Å²) < 4.78 is 32.3. The van der Waals surface area contributed by atoms with Gasteiger partial charge in [0.05, 0.1) is 10.4 Å². The maximum atomic E-state index is 8.83. The third kappa shape index (κ3) is 4.66. The van der Waals surface area contributed by atoms with Gasteiger partial charge in [0.1, 0.15) is 0 Å². The fourth-order valence-corrected chi connectivity index (χ4v) is 2.43. The van der Waals surface area contributed by atoms with E-state index in [2.05, 4.69) is 6.07 Å². The molecular weight excluding hydrogens is 341 g/mol. The van der Waals surface area contributed by atoms with Crippen LogP contribution >= 0.6 is 23.2 Å². The summed E-state index contributed by atoms with van der Waals surface area (Å²) in [5.74, 6) is 0. The van der Waals surface area contributed by atoms with Crippen LogP contribution in [-0.4, -0.2) is 14.0 Å². The fraction of sp³-hybridized carbons (Fsp3) is 0. The molecule has 0 bridgehead atoms. The fourth-order valence-electron chi connectivity index (χ4n) is 1.87. The predicted octanol–water partition coefficient (Wildman–Crippen LogP) is 1.03. The van der Waals surface area contributed by atoms with Gasteiger partial charge in [0.2, 0.25) is 5.52 Å². The molecule has 0 saturated heterocycles. The van der Waals surface area contributed by atoms with Crippen molar-refractivity contribution in [2.75, 3.05) is 0 Å². The van der Waals surface area contributed by atoms with Crippen LogP contribution in [0.15, 0.2) is 48.8 Å². The molecule has 8 heteroatoms. The second-order valence-corrected chi connectivity index (χ2v) is 5.84. The van der Waals surface area contributed by atoms with Gasteiger partial charge in [-0.2, -0.15) is 4.40 Å². The van der Waals surface area contributed by atoms with Gasteiger partial charge in [-0.3, -0.25) is 0 Å². The molecule has 3 rings (SSSR count). The molecule has 5 nitrogen and oxygen atoms in total. The molecule has 0 aliphatic heterocycles. The minimum atomic E-state index is -4.19. The van der Waals surface area contributed by atoms with Crippen LogP contribution in [0.1, 0.15) is 0 Å². The van der Waals surface area contributed by atoms with E-state index in [1.165, 1.54) is 0 Å². The van der Waals surface area contributed by atoms with Gasteiger partial charge in [-0.25, -0.2) is 0 Å². The van der Waals surface area contributed by atoms with Crippen LogP contribution in [0.25, 0.3) is 16.3 Å². The predicted molar refractivity (Wildman–Crippen MR) is 73.8 cm³/mol. The second-order valence-electron chi connectivity index (χ2n) is 4.13. The summed E-state index contributed by atoms with van der Waals surface area (Å²) in [6.07, 6.45) is 4.02. The quantitative estimate of drug-likeness (QED) is 0.417. The van der Waals surface area contributed by atoms with Gasteiger partial charge >= 0.3 is 28.9 Å². The number of halogens is 3. The molecule has 3 aromatic rings. The van der Waals surface area contributed by atoms with Crippen molar-refractivity contribution in [2.45, 2.75) is 0 Å². The van der Waals surface area contributed by atoms with Crippen molar-refractivity contribution >= 4 is 39.5 Å². The monoisotopic (exact) mass is 350 g/mol. The maximum absolute atomic E-state index is 8.83. The molecule has 2 heterocycles. The first kappa shape index (κ1) is 16.2. The van der Waals surface area contributed by atoms with E-state index in [-0.39, 0.29) is 0 Å². The van der Waals surface area contributed by atoms with E-state index in [4.69, 9.17) is 41.8 Å². The third-order valence-corrected chi connectivity index (χ3v) is 3.15. The molecule has 0 spiro atoms. The van der Waals surface area contributed by atoms with Crippen LogP contribution in [0, 0.1) is 10.2 Å². The molecule has 0 fully saturated rings. The SMILES string of the molecule is Clc1cc(Cl)c2c[n+]3ccccc3cc2c1.[O-][Cl+](O)(O)O. The molecule has 112 valence electrons. The Hall–Kier alpha value is -1.18. The van der Waals surface area contributed by atoms with E-state index in [0.29, 0.717) is 10.0 Å². The molecular formula is C13H11Cl3NO4+.